The molecular weight excluding hydrogens is 395 g/mol. The van der Waals surface area contributed by atoms with Crippen LogP contribution in [0.2, 0.25) is 10.0 Å². The van der Waals surface area contributed by atoms with Gasteiger partial charge in [0, 0.05) is 11.3 Å². The molecule has 2 rings (SSSR count). The van der Waals surface area contributed by atoms with Crippen molar-refractivity contribution in [3.8, 4) is 5.75 Å². The zero-order valence-corrected chi connectivity index (χ0v) is 16.4. The van der Waals surface area contributed by atoms with Crippen LogP contribution >= 0.6 is 23.2 Å². The predicted molar refractivity (Wildman–Crippen MR) is 104 cm³/mol. The number of carbonyl (C=O) groups excluding carboxylic acids is 1. The van der Waals surface area contributed by atoms with Crippen LogP contribution in [0, 0.1) is 6.92 Å². The highest BCUT2D eigenvalue weighted by Gasteiger charge is 2.12. The van der Waals surface area contributed by atoms with E-state index in [0.717, 1.165) is 0 Å². The van der Waals surface area contributed by atoms with Gasteiger partial charge >= 0.3 is 5.69 Å². The lowest BCUT2D eigenvalue weighted by Crippen LogP contribution is -2.30. The van der Waals surface area contributed by atoms with Gasteiger partial charge in [0.15, 0.2) is 5.75 Å². The summed E-state index contributed by atoms with van der Waals surface area (Å²) in [7, 11) is 0. The Bertz CT molecular complexity index is 972. The van der Waals surface area contributed by atoms with Gasteiger partial charge < -0.3 is 9.72 Å². The van der Waals surface area contributed by atoms with Gasteiger partial charge in [0.1, 0.15) is 0 Å². The Morgan fingerprint density at radius 3 is 2.44 bits per heavy atom. The van der Waals surface area contributed by atoms with Gasteiger partial charge in [-0.05, 0) is 38.5 Å². The van der Waals surface area contributed by atoms with E-state index in [0.29, 0.717) is 27.1 Å². The summed E-state index contributed by atoms with van der Waals surface area (Å²) in [5.41, 5.74) is 2.09. The van der Waals surface area contributed by atoms with Gasteiger partial charge in [0.05, 0.1) is 28.8 Å². The summed E-state index contributed by atoms with van der Waals surface area (Å²) >= 11 is 12.3. The highest BCUT2D eigenvalue weighted by molar-refractivity contribution is 6.37. The molecule has 8 nitrogen and oxygen atoms in total. The number of carbonyl (C=O) groups is 1. The van der Waals surface area contributed by atoms with Gasteiger partial charge in [-0.1, -0.05) is 23.2 Å². The smallest absolute Gasteiger partial charge is 0.325 e. The number of halogens is 2. The summed E-state index contributed by atoms with van der Waals surface area (Å²) in [5, 5.41) is 4.46. The molecule has 1 amide bonds. The number of ether oxygens (including phenoxy) is 1. The molecule has 1 aromatic heterocycles. The van der Waals surface area contributed by atoms with E-state index in [2.05, 4.69) is 20.5 Å². The third kappa shape index (κ3) is 5.70. The number of hydrogen-bond donors (Lipinski definition) is 3. The maximum Gasteiger partial charge on any atom is 0.325 e. The van der Waals surface area contributed by atoms with Gasteiger partial charge in [0.2, 0.25) is 5.91 Å². The number of aromatic nitrogens is 2. The van der Waals surface area contributed by atoms with Crippen LogP contribution in [0.3, 0.4) is 0 Å². The van der Waals surface area contributed by atoms with Crippen molar-refractivity contribution >= 4 is 35.3 Å². The summed E-state index contributed by atoms with van der Waals surface area (Å²) < 4.78 is 5.53. The second-order valence-corrected chi connectivity index (χ2v) is 6.78. The molecule has 0 spiro atoms. The van der Waals surface area contributed by atoms with E-state index in [1.807, 2.05) is 13.8 Å². The van der Waals surface area contributed by atoms with E-state index >= 15 is 0 Å². The van der Waals surface area contributed by atoms with Crippen molar-refractivity contribution in [2.24, 2.45) is 5.10 Å². The van der Waals surface area contributed by atoms with Gasteiger partial charge in [-0.15, -0.1) is 0 Å². The highest BCUT2D eigenvalue weighted by Crippen LogP contribution is 2.34. The first-order valence-electron chi connectivity index (χ1n) is 7.97. The Kier molecular flexibility index (Phi) is 6.81. The number of rotatable bonds is 6. The second-order valence-electron chi connectivity index (χ2n) is 5.96. The number of aryl methyl sites for hydroxylation is 1. The molecule has 0 bridgehead atoms. The number of aromatic amines is 2. The number of nitrogens with zero attached hydrogens (tertiary/aromatic N) is 1. The molecule has 0 saturated heterocycles. The van der Waals surface area contributed by atoms with Crippen LogP contribution in [-0.2, 0) is 11.2 Å². The molecule has 0 radical (unpaired) electrons. The highest BCUT2D eigenvalue weighted by atomic mass is 35.5. The summed E-state index contributed by atoms with van der Waals surface area (Å²) in [6, 6.07) is 3.19. The minimum Gasteiger partial charge on any atom is -0.488 e. The lowest BCUT2D eigenvalue weighted by atomic mass is 10.1. The third-order valence-corrected chi connectivity index (χ3v) is 3.93. The van der Waals surface area contributed by atoms with Crippen molar-refractivity contribution in [3.63, 3.8) is 0 Å². The topological polar surface area (TPSA) is 116 Å². The summed E-state index contributed by atoms with van der Waals surface area (Å²) in [4.78, 5) is 39.3. The Hall–Kier alpha value is -2.58. The predicted octanol–water partition coefficient (Wildman–Crippen LogP) is 2.16. The fourth-order valence-electron chi connectivity index (χ4n) is 2.22. The van der Waals surface area contributed by atoms with Crippen LogP contribution in [0.25, 0.3) is 0 Å². The zero-order valence-electron chi connectivity index (χ0n) is 14.9. The molecule has 0 fully saturated rings. The van der Waals surface area contributed by atoms with E-state index in [-0.39, 0.29) is 18.1 Å². The molecule has 3 N–H and O–H groups in total. The van der Waals surface area contributed by atoms with Crippen molar-refractivity contribution in [2.75, 3.05) is 0 Å². The van der Waals surface area contributed by atoms with Gasteiger partial charge in [-0.3, -0.25) is 14.6 Å². The molecule has 0 aliphatic rings. The maximum atomic E-state index is 12.0. The van der Waals surface area contributed by atoms with Gasteiger partial charge in [-0.25, -0.2) is 10.2 Å². The molecule has 1 aromatic carbocycles. The standard InChI is InChI=1S/C17H18Cl2N4O4/c1-8(2)27-15-12(18)4-10(5-13(15)19)7-20-23-14(24)6-11-9(3)21-17(26)22-16(11)25/h4-5,7-8H,6H2,1-3H3,(H,23,24)(H2,21,22,25,26)/b20-7-. The van der Waals surface area contributed by atoms with E-state index in [1.165, 1.54) is 13.1 Å². The molecule has 27 heavy (non-hydrogen) atoms. The Balaban J connectivity index is 2.06. The molecule has 0 atom stereocenters. The first kappa shape index (κ1) is 20.7. The minimum absolute atomic E-state index is 0.0849. The molecule has 0 aliphatic heterocycles. The number of hydrazone groups is 1. The first-order chi connectivity index (χ1) is 12.7. The molecule has 1 heterocycles. The lowest BCUT2D eigenvalue weighted by Gasteiger charge is -2.13. The minimum atomic E-state index is -0.627. The fourth-order valence-corrected chi connectivity index (χ4v) is 2.81. The van der Waals surface area contributed by atoms with Crippen molar-refractivity contribution in [1.82, 2.24) is 15.4 Å². The normalized spacial score (nSPS) is 11.2. The second kappa shape index (κ2) is 8.88. The fraction of sp³-hybridized carbons (Fsp3) is 0.294. The van der Waals surface area contributed by atoms with Crippen LogP contribution in [-0.4, -0.2) is 28.2 Å². The van der Waals surface area contributed by atoms with Crippen molar-refractivity contribution in [2.45, 2.75) is 33.3 Å². The van der Waals surface area contributed by atoms with Crippen molar-refractivity contribution in [1.29, 1.82) is 0 Å². The Morgan fingerprint density at radius 1 is 1.26 bits per heavy atom. The molecule has 144 valence electrons. The molecular formula is C17H18Cl2N4O4. The number of amides is 1. The third-order valence-electron chi connectivity index (χ3n) is 3.37. The number of hydrogen-bond acceptors (Lipinski definition) is 5. The number of benzene rings is 1. The summed E-state index contributed by atoms with van der Waals surface area (Å²) in [6.45, 7) is 5.24. The van der Waals surface area contributed by atoms with Crippen molar-refractivity contribution in [3.05, 3.63) is 59.8 Å². The molecule has 10 heteroatoms. The molecule has 0 aliphatic carbocycles. The van der Waals surface area contributed by atoms with Gasteiger partial charge in [0.25, 0.3) is 5.56 Å². The molecule has 0 saturated carbocycles. The SMILES string of the molecule is Cc1[nH]c(=O)[nH]c(=O)c1CC(=O)N/N=C\c1cc(Cl)c(OC(C)C)c(Cl)c1. The average Bonchev–Trinajstić information content (AvgIpc) is 2.54. The van der Waals surface area contributed by atoms with Gasteiger partial charge in [-0.2, -0.15) is 5.10 Å². The van der Waals surface area contributed by atoms with Crippen LogP contribution in [0.15, 0.2) is 26.8 Å². The number of H-pyrrole nitrogens is 2. The first-order valence-corrected chi connectivity index (χ1v) is 8.72. The quantitative estimate of drug-likeness (QED) is 0.497. The van der Waals surface area contributed by atoms with E-state index in [1.54, 1.807) is 12.1 Å². The van der Waals surface area contributed by atoms with Crippen LogP contribution in [0.5, 0.6) is 5.75 Å². The average molecular weight is 413 g/mol. The van der Waals surface area contributed by atoms with E-state index in [9.17, 15) is 14.4 Å². The number of nitrogens with one attached hydrogen (secondary N) is 3. The Morgan fingerprint density at radius 2 is 1.89 bits per heavy atom. The van der Waals surface area contributed by atoms with Crippen LogP contribution in [0.4, 0.5) is 0 Å². The largest absolute Gasteiger partial charge is 0.488 e. The zero-order chi connectivity index (χ0) is 20.1. The Labute approximate surface area is 164 Å². The van der Waals surface area contributed by atoms with Crippen LogP contribution in [0.1, 0.15) is 30.7 Å². The lowest BCUT2D eigenvalue weighted by molar-refractivity contribution is -0.120. The van der Waals surface area contributed by atoms with Crippen molar-refractivity contribution < 1.29 is 9.53 Å². The summed E-state index contributed by atoms with van der Waals surface area (Å²) in [6.07, 6.45) is 1.04. The molecule has 0 unspecified atom stereocenters. The van der Waals surface area contributed by atoms with E-state index < -0.39 is 17.2 Å². The monoisotopic (exact) mass is 412 g/mol. The van der Waals surface area contributed by atoms with E-state index in [4.69, 9.17) is 27.9 Å². The summed E-state index contributed by atoms with van der Waals surface area (Å²) in [5.74, 6) is -0.147. The molecule has 2 aromatic rings. The maximum absolute atomic E-state index is 12.0. The van der Waals surface area contributed by atoms with Crippen LogP contribution < -0.4 is 21.4 Å².